The van der Waals surface area contributed by atoms with E-state index >= 15 is 0 Å². The highest BCUT2D eigenvalue weighted by Gasteiger charge is 2.59. The van der Waals surface area contributed by atoms with Crippen molar-refractivity contribution in [2.75, 3.05) is 6.61 Å². The Kier molecular flexibility index (Phi) is 5.84. The lowest BCUT2D eigenvalue weighted by molar-refractivity contribution is -0.152. The molecular formula is C17H32O4. The zero-order valence-electron chi connectivity index (χ0n) is 14.7. The number of ether oxygens (including phenoxy) is 1. The number of unbranched alkanes of at least 4 members (excludes halogenated alkanes) is 1. The van der Waals surface area contributed by atoms with Crippen LogP contribution in [0.15, 0.2) is 0 Å². The van der Waals surface area contributed by atoms with Gasteiger partial charge in [-0.2, -0.15) is 9.78 Å². The number of esters is 1. The molecule has 0 spiro atoms. The average Bonchev–Trinajstić information content (AvgIpc) is 3.06. The van der Waals surface area contributed by atoms with Crippen molar-refractivity contribution in [1.29, 1.82) is 0 Å². The molecule has 1 rings (SSSR count). The summed E-state index contributed by atoms with van der Waals surface area (Å²) in [6.07, 6.45) is 3.61. The molecule has 124 valence electrons. The van der Waals surface area contributed by atoms with Crippen LogP contribution in [0, 0.1) is 16.7 Å². The molecular weight excluding hydrogens is 268 g/mol. The molecule has 0 radical (unpaired) electrons. The molecule has 4 heteroatoms. The van der Waals surface area contributed by atoms with Crippen LogP contribution < -0.4 is 0 Å². The summed E-state index contributed by atoms with van der Waals surface area (Å²) in [5.41, 5.74) is 0.436. The van der Waals surface area contributed by atoms with Gasteiger partial charge in [-0.25, -0.2) is 4.79 Å². The maximum Gasteiger partial charge on any atom is 0.372 e. The first-order valence-electron chi connectivity index (χ1n) is 8.00. The molecule has 1 saturated heterocycles. The minimum absolute atomic E-state index is 0.106. The predicted octanol–water partition coefficient (Wildman–Crippen LogP) is 4.48. The lowest BCUT2D eigenvalue weighted by atomic mass is 9.78. The SMILES string of the molecule is CC(CC1(C(=O)OCCCCC(C)(C)C)OO1)C(C)(C)C. The number of carbonyl (C=O) groups excluding carboxylic acids is 1. The third-order valence-electron chi connectivity index (χ3n) is 4.20. The highest BCUT2D eigenvalue weighted by atomic mass is 17.4. The first kappa shape index (κ1) is 18.4. The summed E-state index contributed by atoms with van der Waals surface area (Å²) in [7, 11) is 0. The number of rotatable bonds is 7. The Balaban J connectivity index is 2.29. The summed E-state index contributed by atoms with van der Waals surface area (Å²) in [5.74, 6) is -1.22. The number of hydrogen-bond acceptors (Lipinski definition) is 4. The minimum atomic E-state index is -1.14. The minimum Gasteiger partial charge on any atom is -0.462 e. The van der Waals surface area contributed by atoms with E-state index in [1.807, 2.05) is 0 Å². The summed E-state index contributed by atoms with van der Waals surface area (Å²) in [5, 5.41) is 0. The molecule has 0 N–H and O–H groups in total. The molecule has 1 aliphatic rings. The summed E-state index contributed by atoms with van der Waals surface area (Å²) >= 11 is 0. The van der Waals surface area contributed by atoms with Crippen LogP contribution in [0.5, 0.6) is 0 Å². The molecule has 1 heterocycles. The summed E-state index contributed by atoms with van der Waals surface area (Å²) in [4.78, 5) is 22.0. The van der Waals surface area contributed by atoms with Crippen molar-refractivity contribution >= 4 is 5.97 Å². The molecule has 1 fully saturated rings. The fourth-order valence-corrected chi connectivity index (χ4v) is 2.01. The van der Waals surface area contributed by atoms with Crippen LogP contribution >= 0.6 is 0 Å². The predicted molar refractivity (Wildman–Crippen MR) is 82.4 cm³/mol. The van der Waals surface area contributed by atoms with E-state index in [9.17, 15) is 4.79 Å². The second-order valence-electron chi connectivity index (χ2n) is 8.54. The molecule has 0 aliphatic carbocycles. The molecule has 21 heavy (non-hydrogen) atoms. The Morgan fingerprint density at radius 2 is 1.67 bits per heavy atom. The van der Waals surface area contributed by atoms with Gasteiger partial charge in [0.05, 0.1) is 6.61 Å². The molecule has 4 nitrogen and oxygen atoms in total. The molecule has 1 atom stereocenters. The lowest BCUT2D eigenvalue weighted by Crippen LogP contribution is -2.32. The van der Waals surface area contributed by atoms with Crippen LogP contribution in [0.25, 0.3) is 0 Å². The fourth-order valence-electron chi connectivity index (χ4n) is 2.01. The normalized spacial score (nSPS) is 19.2. The Hall–Kier alpha value is -0.610. The molecule has 1 unspecified atom stereocenters. The standard InChI is InChI=1S/C17H32O4/c1-13(16(5,6)7)12-17(20-21-17)14(18)19-11-9-8-10-15(2,3)4/h13H,8-12H2,1-7H3. The van der Waals surface area contributed by atoms with Crippen LogP contribution in [0.3, 0.4) is 0 Å². The Morgan fingerprint density at radius 1 is 1.10 bits per heavy atom. The summed E-state index contributed by atoms with van der Waals surface area (Å²) < 4.78 is 5.31. The van der Waals surface area contributed by atoms with E-state index in [1.54, 1.807) is 0 Å². The van der Waals surface area contributed by atoms with Crippen molar-refractivity contribution in [3.8, 4) is 0 Å². The fraction of sp³-hybridized carbons (Fsp3) is 0.941. The molecule has 0 saturated carbocycles. The zero-order chi connectivity index (χ0) is 16.3. The van der Waals surface area contributed by atoms with E-state index in [1.165, 1.54) is 0 Å². The molecule has 1 aliphatic heterocycles. The topological polar surface area (TPSA) is 51.4 Å². The first-order valence-corrected chi connectivity index (χ1v) is 8.00. The van der Waals surface area contributed by atoms with Crippen molar-refractivity contribution in [1.82, 2.24) is 0 Å². The van der Waals surface area contributed by atoms with Gasteiger partial charge < -0.3 is 4.74 Å². The van der Waals surface area contributed by atoms with Gasteiger partial charge in [0.1, 0.15) is 0 Å². The Bertz CT molecular complexity index is 345. The van der Waals surface area contributed by atoms with E-state index < -0.39 is 5.79 Å². The second kappa shape index (κ2) is 6.66. The largest absolute Gasteiger partial charge is 0.462 e. The third-order valence-corrected chi connectivity index (χ3v) is 4.20. The van der Waals surface area contributed by atoms with Crippen molar-refractivity contribution in [2.45, 2.75) is 79.9 Å². The molecule has 0 aromatic rings. The van der Waals surface area contributed by atoms with Gasteiger partial charge in [-0.15, -0.1) is 0 Å². The van der Waals surface area contributed by atoms with Crippen LogP contribution in [0.2, 0.25) is 0 Å². The van der Waals surface area contributed by atoms with Crippen molar-refractivity contribution < 1.29 is 19.3 Å². The monoisotopic (exact) mass is 300 g/mol. The van der Waals surface area contributed by atoms with E-state index in [0.29, 0.717) is 24.4 Å². The quantitative estimate of drug-likeness (QED) is 0.301. The molecule has 0 bridgehead atoms. The van der Waals surface area contributed by atoms with Gasteiger partial charge in [-0.3, -0.25) is 0 Å². The van der Waals surface area contributed by atoms with E-state index in [4.69, 9.17) is 14.5 Å². The van der Waals surface area contributed by atoms with Gasteiger partial charge >= 0.3 is 11.8 Å². The second-order valence-corrected chi connectivity index (χ2v) is 8.54. The lowest BCUT2D eigenvalue weighted by Gasteiger charge is -2.27. The summed E-state index contributed by atoms with van der Waals surface area (Å²) in [6.45, 7) is 15.6. The van der Waals surface area contributed by atoms with Crippen LogP contribution in [-0.4, -0.2) is 18.4 Å². The van der Waals surface area contributed by atoms with Crippen LogP contribution in [0.4, 0.5) is 0 Å². The highest BCUT2D eigenvalue weighted by molar-refractivity contribution is 5.79. The third kappa shape index (κ3) is 6.35. The van der Waals surface area contributed by atoms with E-state index in [2.05, 4.69) is 48.5 Å². The molecule has 0 amide bonds. The molecule has 0 aromatic carbocycles. The average molecular weight is 300 g/mol. The number of hydrogen-bond donors (Lipinski definition) is 0. The smallest absolute Gasteiger partial charge is 0.372 e. The van der Waals surface area contributed by atoms with Crippen LogP contribution in [-0.2, 0) is 19.3 Å². The Morgan fingerprint density at radius 3 is 2.10 bits per heavy atom. The molecule has 0 aromatic heterocycles. The van der Waals surface area contributed by atoms with Crippen molar-refractivity contribution in [3.63, 3.8) is 0 Å². The maximum atomic E-state index is 12.1. The van der Waals surface area contributed by atoms with Crippen LogP contribution in [0.1, 0.15) is 74.1 Å². The number of carbonyl (C=O) groups is 1. The van der Waals surface area contributed by atoms with Crippen molar-refractivity contribution in [3.05, 3.63) is 0 Å². The van der Waals surface area contributed by atoms with Gasteiger partial charge in [0, 0.05) is 6.42 Å². The van der Waals surface area contributed by atoms with Gasteiger partial charge in [0.2, 0.25) is 0 Å². The van der Waals surface area contributed by atoms with Crippen molar-refractivity contribution in [2.24, 2.45) is 16.7 Å². The summed E-state index contributed by atoms with van der Waals surface area (Å²) in [6, 6.07) is 0. The van der Waals surface area contributed by atoms with Gasteiger partial charge in [-0.1, -0.05) is 48.5 Å². The Labute approximate surface area is 129 Å². The van der Waals surface area contributed by atoms with E-state index in [0.717, 1.165) is 19.3 Å². The van der Waals surface area contributed by atoms with Gasteiger partial charge in [0.15, 0.2) is 0 Å². The van der Waals surface area contributed by atoms with Gasteiger partial charge in [-0.05, 0) is 36.0 Å². The zero-order valence-corrected chi connectivity index (χ0v) is 14.7. The van der Waals surface area contributed by atoms with Gasteiger partial charge in [0.25, 0.3) is 0 Å². The van der Waals surface area contributed by atoms with E-state index in [-0.39, 0.29) is 11.4 Å². The maximum absolute atomic E-state index is 12.1. The highest BCUT2D eigenvalue weighted by Crippen LogP contribution is 2.42. The first-order chi connectivity index (χ1) is 9.46.